The molecule has 0 N–H and O–H groups in total. The molecule has 0 atom stereocenters. The highest BCUT2D eigenvalue weighted by molar-refractivity contribution is 7.09. The van der Waals surface area contributed by atoms with Gasteiger partial charge in [0.05, 0.1) is 6.61 Å². The van der Waals surface area contributed by atoms with Crippen LogP contribution in [0.4, 0.5) is 4.39 Å². The SMILES string of the molecule is Fc1cccc(C#Cc2nc3cscc3nc2OCCCN2CCCC2)c1. The van der Waals surface area contributed by atoms with E-state index < -0.39 is 0 Å². The summed E-state index contributed by atoms with van der Waals surface area (Å²) >= 11 is 1.55. The first-order valence-corrected chi connectivity index (χ1v) is 10.1. The molecule has 4 rings (SSSR count). The minimum atomic E-state index is -0.306. The Morgan fingerprint density at radius 2 is 1.93 bits per heavy atom. The summed E-state index contributed by atoms with van der Waals surface area (Å²) in [5.74, 6) is 6.10. The molecule has 1 aliphatic rings. The number of nitrogens with zero attached hydrogens (tertiary/aromatic N) is 3. The van der Waals surface area contributed by atoms with Crippen molar-refractivity contribution in [3.63, 3.8) is 0 Å². The van der Waals surface area contributed by atoms with Gasteiger partial charge in [-0.3, -0.25) is 0 Å². The summed E-state index contributed by atoms with van der Waals surface area (Å²) in [7, 11) is 0. The minimum absolute atomic E-state index is 0.306. The van der Waals surface area contributed by atoms with Crippen LogP contribution in [0.2, 0.25) is 0 Å². The molecule has 0 saturated carbocycles. The van der Waals surface area contributed by atoms with Crippen molar-refractivity contribution >= 4 is 22.4 Å². The van der Waals surface area contributed by atoms with Crippen LogP contribution < -0.4 is 4.74 Å². The number of likely N-dealkylation sites (tertiary alicyclic amines) is 1. The van der Waals surface area contributed by atoms with Gasteiger partial charge in [-0.05, 0) is 56.5 Å². The fourth-order valence-corrected chi connectivity index (χ4v) is 3.80. The van der Waals surface area contributed by atoms with E-state index in [-0.39, 0.29) is 5.82 Å². The van der Waals surface area contributed by atoms with E-state index in [9.17, 15) is 4.39 Å². The standard InChI is InChI=1S/C21H20FN3OS/c22-17-6-3-5-16(13-17)7-8-18-21(24-20-15-27-14-19(20)23-18)26-12-4-11-25-9-1-2-10-25/h3,5-6,13-15H,1-2,4,9-12H2. The average Bonchev–Trinajstić information content (AvgIpc) is 3.34. The van der Waals surface area contributed by atoms with Crippen LogP contribution in [-0.2, 0) is 0 Å². The quantitative estimate of drug-likeness (QED) is 0.493. The van der Waals surface area contributed by atoms with Crippen molar-refractivity contribution in [3.8, 4) is 17.7 Å². The fourth-order valence-electron chi connectivity index (χ4n) is 3.12. The molecule has 1 aromatic carbocycles. The number of aromatic nitrogens is 2. The number of hydrogen-bond donors (Lipinski definition) is 0. The highest BCUT2D eigenvalue weighted by Gasteiger charge is 2.12. The van der Waals surface area contributed by atoms with E-state index in [1.165, 1.54) is 38.1 Å². The van der Waals surface area contributed by atoms with Crippen LogP contribution in [0.5, 0.6) is 5.88 Å². The van der Waals surface area contributed by atoms with E-state index >= 15 is 0 Å². The molecule has 6 heteroatoms. The van der Waals surface area contributed by atoms with E-state index in [1.54, 1.807) is 23.5 Å². The number of rotatable bonds is 5. The summed E-state index contributed by atoms with van der Waals surface area (Å²) in [5, 5.41) is 3.88. The zero-order valence-electron chi connectivity index (χ0n) is 14.9. The van der Waals surface area contributed by atoms with Crippen molar-refractivity contribution < 1.29 is 9.13 Å². The van der Waals surface area contributed by atoms with Crippen LogP contribution >= 0.6 is 11.3 Å². The summed E-state index contributed by atoms with van der Waals surface area (Å²) in [4.78, 5) is 11.6. The largest absolute Gasteiger partial charge is 0.476 e. The zero-order valence-corrected chi connectivity index (χ0v) is 15.8. The van der Waals surface area contributed by atoms with Crippen molar-refractivity contribution in [2.75, 3.05) is 26.2 Å². The number of halogens is 1. The molecule has 138 valence electrons. The van der Waals surface area contributed by atoms with Crippen molar-refractivity contribution in [2.45, 2.75) is 19.3 Å². The monoisotopic (exact) mass is 381 g/mol. The van der Waals surface area contributed by atoms with Crippen LogP contribution in [0, 0.1) is 17.7 Å². The number of thiophene rings is 1. The molecule has 0 aliphatic carbocycles. The Hall–Kier alpha value is -2.49. The summed E-state index contributed by atoms with van der Waals surface area (Å²) in [6.45, 7) is 3.99. The normalized spacial score (nSPS) is 14.3. The lowest BCUT2D eigenvalue weighted by Crippen LogP contribution is -2.22. The van der Waals surface area contributed by atoms with E-state index in [4.69, 9.17) is 4.74 Å². The molecule has 4 nitrogen and oxygen atoms in total. The number of benzene rings is 1. The molecule has 0 amide bonds. The summed E-state index contributed by atoms with van der Waals surface area (Å²) in [5.41, 5.74) is 2.70. The van der Waals surface area contributed by atoms with Crippen molar-refractivity contribution in [3.05, 3.63) is 52.1 Å². The van der Waals surface area contributed by atoms with E-state index in [0.717, 1.165) is 24.0 Å². The Morgan fingerprint density at radius 3 is 2.74 bits per heavy atom. The van der Waals surface area contributed by atoms with Gasteiger partial charge in [0, 0.05) is 22.9 Å². The van der Waals surface area contributed by atoms with Gasteiger partial charge in [0.2, 0.25) is 5.88 Å². The van der Waals surface area contributed by atoms with E-state index in [2.05, 4.69) is 26.7 Å². The second-order valence-electron chi connectivity index (χ2n) is 6.53. The lowest BCUT2D eigenvalue weighted by atomic mass is 10.2. The molecule has 1 fully saturated rings. The van der Waals surface area contributed by atoms with E-state index in [1.807, 2.05) is 10.8 Å². The molecule has 3 heterocycles. The van der Waals surface area contributed by atoms with Gasteiger partial charge in [0.25, 0.3) is 0 Å². The first-order chi connectivity index (χ1) is 13.3. The Kier molecular flexibility index (Phi) is 5.61. The third kappa shape index (κ3) is 4.62. The summed E-state index contributed by atoms with van der Waals surface area (Å²) in [6.07, 6.45) is 3.53. The molecular weight excluding hydrogens is 361 g/mol. The van der Waals surface area contributed by atoms with Gasteiger partial charge < -0.3 is 9.64 Å². The lowest BCUT2D eigenvalue weighted by Gasteiger charge is -2.14. The van der Waals surface area contributed by atoms with Crippen LogP contribution in [0.3, 0.4) is 0 Å². The Bertz CT molecular complexity index is 986. The topological polar surface area (TPSA) is 38.3 Å². The van der Waals surface area contributed by atoms with Crippen molar-refractivity contribution in [2.24, 2.45) is 0 Å². The Balaban J connectivity index is 1.50. The second-order valence-corrected chi connectivity index (χ2v) is 7.27. The zero-order chi connectivity index (χ0) is 18.5. The third-order valence-corrected chi connectivity index (χ3v) is 5.20. The molecule has 1 saturated heterocycles. The van der Waals surface area contributed by atoms with Crippen molar-refractivity contribution in [1.82, 2.24) is 14.9 Å². The molecule has 27 heavy (non-hydrogen) atoms. The average molecular weight is 381 g/mol. The molecule has 0 bridgehead atoms. The maximum atomic E-state index is 13.3. The Morgan fingerprint density at radius 1 is 1.11 bits per heavy atom. The molecular formula is C21H20FN3OS. The van der Waals surface area contributed by atoms with Crippen LogP contribution in [0.25, 0.3) is 11.0 Å². The number of fused-ring (bicyclic) bond motifs is 1. The van der Waals surface area contributed by atoms with E-state index in [0.29, 0.717) is 23.7 Å². The highest BCUT2D eigenvalue weighted by atomic mass is 32.1. The van der Waals surface area contributed by atoms with Gasteiger partial charge in [-0.2, -0.15) is 0 Å². The molecule has 2 aromatic heterocycles. The molecule has 3 aromatic rings. The number of ether oxygens (including phenoxy) is 1. The summed E-state index contributed by atoms with van der Waals surface area (Å²) < 4.78 is 19.3. The van der Waals surface area contributed by atoms with Gasteiger partial charge in [-0.15, -0.1) is 11.3 Å². The van der Waals surface area contributed by atoms with Gasteiger partial charge >= 0.3 is 0 Å². The first-order valence-electron chi connectivity index (χ1n) is 9.15. The third-order valence-electron chi connectivity index (χ3n) is 4.48. The van der Waals surface area contributed by atoms with Gasteiger partial charge in [-0.25, -0.2) is 14.4 Å². The second kappa shape index (κ2) is 8.47. The molecule has 0 spiro atoms. The minimum Gasteiger partial charge on any atom is -0.476 e. The molecule has 0 unspecified atom stereocenters. The molecule has 1 aliphatic heterocycles. The van der Waals surface area contributed by atoms with Gasteiger partial charge in [0.15, 0.2) is 5.69 Å². The fraction of sp³-hybridized carbons (Fsp3) is 0.333. The summed E-state index contributed by atoms with van der Waals surface area (Å²) in [6, 6.07) is 6.21. The van der Waals surface area contributed by atoms with Crippen LogP contribution in [0.1, 0.15) is 30.5 Å². The maximum absolute atomic E-state index is 13.3. The first kappa shape index (κ1) is 17.9. The van der Waals surface area contributed by atoms with Crippen LogP contribution in [-0.4, -0.2) is 41.1 Å². The lowest BCUT2D eigenvalue weighted by molar-refractivity contribution is 0.256. The number of hydrogen-bond acceptors (Lipinski definition) is 5. The smallest absolute Gasteiger partial charge is 0.249 e. The molecule has 0 radical (unpaired) electrons. The maximum Gasteiger partial charge on any atom is 0.249 e. The van der Waals surface area contributed by atoms with Crippen molar-refractivity contribution in [1.29, 1.82) is 0 Å². The highest BCUT2D eigenvalue weighted by Crippen LogP contribution is 2.21. The van der Waals surface area contributed by atoms with Crippen LogP contribution in [0.15, 0.2) is 35.0 Å². The van der Waals surface area contributed by atoms with Gasteiger partial charge in [0.1, 0.15) is 16.9 Å². The Labute approximate surface area is 162 Å². The predicted octanol–water partition coefficient (Wildman–Crippen LogP) is 4.09. The van der Waals surface area contributed by atoms with Gasteiger partial charge in [-0.1, -0.05) is 12.0 Å². The predicted molar refractivity (Wildman–Crippen MR) is 106 cm³/mol.